The summed E-state index contributed by atoms with van der Waals surface area (Å²) in [6.45, 7) is 3.23. The van der Waals surface area contributed by atoms with Gasteiger partial charge in [-0.05, 0) is 0 Å². The first-order valence-corrected chi connectivity index (χ1v) is 2.15. The number of carbonyl (C=O) groups excluding carboxylic acids is 1. The van der Waals surface area contributed by atoms with Crippen molar-refractivity contribution in [2.24, 2.45) is 5.73 Å². The number of rotatable bonds is 3. The van der Waals surface area contributed by atoms with Crippen molar-refractivity contribution in [1.82, 2.24) is 0 Å². The van der Waals surface area contributed by atoms with Gasteiger partial charge in [-0.25, -0.2) is 4.79 Å². The molecule has 4 nitrogen and oxygen atoms in total. The van der Waals surface area contributed by atoms with Crippen molar-refractivity contribution in [3.63, 3.8) is 0 Å². The minimum absolute atomic E-state index is 0.876. The van der Waals surface area contributed by atoms with E-state index in [1.165, 1.54) is 6.26 Å². The minimum Gasteiger partial charge on any atom is -0.470 e. The van der Waals surface area contributed by atoms with Crippen LogP contribution in [0.25, 0.3) is 0 Å². The van der Waals surface area contributed by atoms with Gasteiger partial charge in [0.1, 0.15) is 12.5 Å². The van der Waals surface area contributed by atoms with Crippen LogP contribution < -0.4 is 5.73 Å². The van der Waals surface area contributed by atoms with E-state index < -0.39 is 6.09 Å². The molecule has 0 heterocycles. The zero-order valence-corrected chi connectivity index (χ0v) is 4.74. The third-order valence-electron chi connectivity index (χ3n) is 0.415. The Hall–Kier alpha value is -1.45. The van der Waals surface area contributed by atoms with Crippen molar-refractivity contribution in [3.8, 4) is 0 Å². The van der Waals surface area contributed by atoms with Gasteiger partial charge in [0.05, 0.1) is 6.26 Å². The third-order valence-corrected chi connectivity index (χ3v) is 0.415. The van der Waals surface area contributed by atoms with Crippen LogP contribution in [0.3, 0.4) is 0 Å². The molecule has 0 aromatic rings. The highest BCUT2D eigenvalue weighted by atomic mass is 16.5. The average Bonchev–Trinajstić information content (AvgIpc) is 1.80. The molecule has 0 aromatic heterocycles. The molecule has 0 saturated carbocycles. The molecule has 50 valence electrons. The van der Waals surface area contributed by atoms with Crippen molar-refractivity contribution in [3.05, 3.63) is 25.4 Å². The van der Waals surface area contributed by atoms with E-state index in [1.807, 2.05) is 0 Å². The molecular formula is C5H7NO3. The van der Waals surface area contributed by atoms with Crippen LogP contribution >= 0.6 is 0 Å². The van der Waals surface area contributed by atoms with Gasteiger partial charge in [0.15, 0.2) is 0 Å². The number of nitrogens with two attached hydrogens (primary N) is 1. The van der Waals surface area contributed by atoms with E-state index in [9.17, 15) is 4.79 Å². The molecule has 0 bridgehead atoms. The molecule has 0 unspecified atom stereocenters. The van der Waals surface area contributed by atoms with Crippen LogP contribution in [0.15, 0.2) is 25.4 Å². The lowest BCUT2D eigenvalue weighted by atomic mass is 11.0. The van der Waals surface area contributed by atoms with Gasteiger partial charge in [-0.2, -0.15) is 0 Å². The van der Waals surface area contributed by atoms with Crippen LogP contribution in [-0.2, 0) is 9.47 Å². The molecule has 1 amide bonds. The topological polar surface area (TPSA) is 61.6 Å². The molecule has 0 aliphatic carbocycles. The first-order valence-electron chi connectivity index (χ1n) is 2.15. The van der Waals surface area contributed by atoms with E-state index in [1.54, 1.807) is 0 Å². The first-order chi connectivity index (χ1) is 4.27. The maximum absolute atomic E-state index is 9.83. The number of hydrogen-bond donors (Lipinski definition) is 1. The van der Waals surface area contributed by atoms with E-state index in [4.69, 9.17) is 0 Å². The van der Waals surface area contributed by atoms with Crippen molar-refractivity contribution >= 4 is 6.09 Å². The lowest BCUT2D eigenvalue weighted by Gasteiger charge is -1.88. The fourth-order valence-corrected chi connectivity index (χ4v) is 0.182. The summed E-state index contributed by atoms with van der Waals surface area (Å²) in [4.78, 5) is 9.83. The van der Waals surface area contributed by atoms with Crippen molar-refractivity contribution in [2.75, 3.05) is 0 Å². The molecule has 0 fully saturated rings. The highest BCUT2D eigenvalue weighted by Crippen LogP contribution is 1.79. The SMILES string of the molecule is C=COC=COC(N)=O. The smallest absolute Gasteiger partial charge is 0.409 e. The van der Waals surface area contributed by atoms with Crippen LogP contribution in [0.5, 0.6) is 0 Å². The Morgan fingerprint density at radius 3 is 2.67 bits per heavy atom. The van der Waals surface area contributed by atoms with Gasteiger partial charge < -0.3 is 15.2 Å². The van der Waals surface area contributed by atoms with Gasteiger partial charge in [-0.3, -0.25) is 0 Å². The lowest BCUT2D eigenvalue weighted by Crippen LogP contribution is -2.08. The average molecular weight is 129 g/mol. The highest BCUT2D eigenvalue weighted by molar-refractivity contribution is 5.65. The molecule has 0 aromatic carbocycles. The maximum Gasteiger partial charge on any atom is 0.409 e. The van der Waals surface area contributed by atoms with Crippen molar-refractivity contribution in [1.29, 1.82) is 0 Å². The van der Waals surface area contributed by atoms with Crippen molar-refractivity contribution in [2.45, 2.75) is 0 Å². The number of amides is 1. The summed E-state index contributed by atoms with van der Waals surface area (Å²) < 4.78 is 8.56. The fourth-order valence-electron chi connectivity index (χ4n) is 0.182. The van der Waals surface area contributed by atoms with E-state index in [-0.39, 0.29) is 0 Å². The second kappa shape index (κ2) is 4.70. The molecule has 0 saturated heterocycles. The van der Waals surface area contributed by atoms with Gasteiger partial charge in [-0.1, -0.05) is 6.58 Å². The first kappa shape index (κ1) is 7.55. The highest BCUT2D eigenvalue weighted by Gasteiger charge is 1.82. The Bertz CT molecular complexity index is 130. The van der Waals surface area contributed by atoms with Crippen LogP contribution in [0.2, 0.25) is 0 Å². The Kier molecular flexibility index (Phi) is 3.95. The Morgan fingerprint density at radius 2 is 2.22 bits per heavy atom. The molecule has 0 rings (SSSR count). The van der Waals surface area contributed by atoms with E-state index >= 15 is 0 Å². The third kappa shape index (κ3) is 6.55. The molecule has 0 radical (unpaired) electrons. The normalized spacial score (nSPS) is 8.89. The van der Waals surface area contributed by atoms with Crippen LogP contribution in [0.4, 0.5) is 4.79 Å². The molecule has 9 heavy (non-hydrogen) atoms. The summed E-state index contributed by atoms with van der Waals surface area (Å²) in [6, 6.07) is 0. The maximum atomic E-state index is 9.83. The van der Waals surface area contributed by atoms with Gasteiger partial charge in [-0.15, -0.1) is 0 Å². The Labute approximate surface area is 52.5 Å². The summed E-state index contributed by atoms with van der Waals surface area (Å²) in [7, 11) is 0. The van der Waals surface area contributed by atoms with E-state index in [2.05, 4.69) is 21.8 Å². The summed E-state index contributed by atoms with van der Waals surface area (Å²) in [6.07, 6.45) is 2.46. The second-order valence-electron chi connectivity index (χ2n) is 1.01. The summed E-state index contributed by atoms with van der Waals surface area (Å²) in [5.41, 5.74) is 4.58. The fraction of sp³-hybridized carbons (Fsp3) is 0. The predicted octanol–water partition coefficient (Wildman–Crippen LogP) is 0.713. The molecule has 0 atom stereocenters. The lowest BCUT2D eigenvalue weighted by molar-refractivity contribution is 0.193. The Morgan fingerprint density at radius 1 is 1.56 bits per heavy atom. The van der Waals surface area contributed by atoms with E-state index in [0.717, 1.165) is 12.5 Å². The van der Waals surface area contributed by atoms with Crippen LogP contribution in [0, 0.1) is 0 Å². The minimum atomic E-state index is -0.876. The number of primary amides is 1. The molecular weight excluding hydrogens is 122 g/mol. The predicted molar refractivity (Wildman–Crippen MR) is 31.1 cm³/mol. The standard InChI is InChI=1S/C5H7NO3/c1-2-8-3-4-9-5(6)7/h2-4H,1H2,(H2,6,7). The Balaban J connectivity index is 3.24. The van der Waals surface area contributed by atoms with Crippen molar-refractivity contribution < 1.29 is 14.3 Å². The zero-order valence-electron chi connectivity index (χ0n) is 4.74. The molecule has 4 heteroatoms. The number of carbonyl (C=O) groups is 1. The number of hydrogen-bond acceptors (Lipinski definition) is 3. The summed E-state index contributed by atoms with van der Waals surface area (Å²) >= 11 is 0. The van der Waals surface area contributed by atoms with Gasteiger partial charge in [0, 0.05) is 0 Å². The van der Waals surface area contributed by atoms with Gasteiger partial charge >= 0.3 is 6.09 Å². The molecule has 0 aliphatic rings. The molecule has 2 N–H and O–H groups in total. The quantitative estimate of drug-likeness (QED) is 0.571. The largest absolute Gasteiger partial charge is 0.470 e. The monoisotopic (exact) mass is 129 g/mol. The van der Waals surface area contributed by atoms with E-state index in [0.29, 0.717) is 0 Å². The molecule has 0 spiro atoms. The van der Waals surface area contributed by atoms with Gasteiger partial charge in [0.25, 0.3) is 0 Å². The second-order valence-corrected chi connectivity index (χ2v) is 1.01. The van der Waals surface area contributed by atoms with Gasteiger partial charge in [0.2, 0.25) is 0 Å². The summed E-state index contributed by atoms with van der Waals surface area (Å²) in [5, 5.41) is 0. The van der Waals surface area contributed by atoms with Crippen LogP contribution in [0.1, 0.15) is 0 Å². The number of ether oxygens (including phenoxy) is 2. The molecule has 0 aliphatic heterocycles. The summed E-state index contributed by atoms with van der Waals surface area (Å²) in [5.74, 6) is 0. The zero-order chi connectivity index (χ0) is 7.11. The van der Waals surface area contributed by atoms with Crippen LogP contribution in [-0.4, -0.2) is 6.09 Å².